The summed E-state index contributed by atoms with van der Waals surface area (Å²) < 4.78 is 11.4. The van der Waals surface area contributed by atoms with Crippen LogP contribution in [0.1, 0.15) is 111 Å². The van der Waals surface area contributed by atoms with Crippen molar-refractivity contribution < 1.29 is 14.3 Å². The molecule has 3 heteroatoms. The van der Waals surface area contributed by atoms with E-state index in [4.69, 9.17) is 9.47 Å². The van der Waals surface area contributed by atoms with E-state index in [0.717, 1.165) is 36.3 Å². The van der Waals surface area contributed by atoms with Gasteiger partial charge in [-0.1, -0.05) is 122 Å². The standard InChI is InChI=1S/C32H48O3/c1-4-6-7-8-9-10-11-12-13-14-15-16-25-34-30-21-17-28(18-22-30)29-19-23-31(24-20-29)35-32(33)26-27(3)5-2/h17-24,27H,4-16,25-26H2,1-3H3/t27-/m0/s1. The van der Waals surface area contributed by atoms with Crippen molar-refractivity contribution in [1.82, 2.24) is 0 Å². The molecule has 2 aromatic rings. The SMILES string of the molecule is CCCCCCCCCCCCCCOc1ccc(-c2ccc(OC(=O)C[C@@H](C)CC)cc2)cc1. The highest BCUT2D eigenvalue weighted by molar-refractivity contribution is 5.73. The minimum atomic E-state index is -0.165. The van der Waals surface area contributed by atoms with Gasteiger partial charge in [0.25, 0.3) is 0 Å². The maximum Gasteiger partial charge on any atom is 0.311 e. The number of rotatable bonds is 19. The van der Waals surface area contributed by atoms with Gasteiger partial charge in [0.15, 0.2) is 0 Å². The summed E-state index contributed by atoms with van der Waals surface area (Å²) >= 11 is 0. The Morgan fingerprint density at radius 2 is 1.11 bits per heavy atom. The number of hydrogen-bond acceptors (Lipinski definition) is 3. The molecule has 1 atom stereocenters. The van der Waals surface area contributed by atoms with E-state index in [0.29, 0.717) is 18.1 Å². The van der Waals surface area contributed by atoms with Crippen LogP contribution in [0.15, 0.2) is 48.5 Å². The highest BCUT2D eigenvalue weighted by Gasteiger charge is 2.10. The molecule has 0 N–H and O–H groups in total. The molecule has 0 aliphatic heterocycles. The number of carbonyl (C=O) groups is 1. The summed E-state index contributed by atoms with van der Waals surface area (Å²) in [6.45, 7) is 7.21. The van der Waals surface area contributed by atoms with Crippen molar-refractivity contribution in [2.75, 3.05) is 6.61 Å². The summed E-state index contributed by atoms with van der Waals surface area (Å²) in [6, 6.07) is 16.0. The number of esters is 1. The van der Waals surface area contributed by atoms with Gasteiger partial charge in [0.1, 0.15) is 11.5 Å². The minimum Gasteiger partial charge on any atom is -0.494 e. The van der Waals surface area contributed by atoms with Crippen molar-refractivity contribution in [2.45, 2.75) is 111 Å². The van der Waals surface area contributed by atoms with E-state index in [1.165, 1.54) is 70.6 Å². The number of hydrogen-bond donors (Lipinski definition) is 0. The summed E-state index contributed by atoms with van der Waals surface area (Å²) in [5.41, 5.74) is 2.22. The van der Waals surface area contributed by atoms with Crippen LogP contribution in [0.5, 0.6) is 11.5 Å². The summed E-state index contributed by atoms with van der Waals surface area (Å²) in [5.74, 6) is 1.71. The molecular formula is C32H48O3. The van der Waals surface area contributed by atoms with Crippen molar-refractivity contribution in [3.05, 3.63) is 48.5 Å². The Balaban J connectivity index is 1.57. The van der Waals surface area contributed by atoms with Crippen LogP contribution in [0.3, 0.4) is 0 Å². The molecule has 0 radical (unpaired) electrons. The summed E-state index contributed by atoms with van der Waals surface area (Å²) in [5, 5.41) is 0. The predicted molar refractivity (Wildman–Crippen MR) is 148 cm³/mol. The molecule has 2 rings (SSSR count). The van der Waals surface area contributed by atoms with E-state index in [-0.39, 0.29) is 5.97 Å². The maximum atomic E-state index is 12.0. The van der Waals surface area contributed by atoms with Crippen LogP contribution in [0.2, 0.25) is 0 Å². The Morgan fingerprint density at radius 3 is 1.60 bits per heavy atom. The van der Waals surface area contributed by atoms with Crippen LogP contribution >= 0.6 is 0 Å². The zero-order chi connectivity index (χ0) is 25.1. The Bertz CT molecular complexity index is 795. The Labute approximate surface area is 214 Å². The normalized spacial score (nSPS) is 11.9. The first kappa shape index (κ1) is 28.9. The molecule has 35 heavy (non-hydrogen) atoms. The average molecular weight is 481 g/mol. The topological polar surface area (TPSA) is 35.5 Å². The van der Waals surface area contributed by atoms with Crippen molar-refractivity contribution in [3.8, 4) is 22.6 Å². The van der Waals surface area contributed by atoms with E-state index in [2.05, 4.69) is 32.9 Å². The maximum absolute atomic E-state index is 12.0. The largest absolute Gasteiger partial charge is 0.494 e. The van der Waals surface area contributed by atoms with Gasteiger partial charge in [0, 0.05) is 6.42 Å². The fourth-order valence-electron chi connectivity index (χ4n) is 4.19. The molecule has 0 saturated carbocycles. The molecule has 0 amide bonds. The van der Waals surface area contributed by atoms with Crippen LogP contribution in [-0.4, -0.2) is 12.6 Å². The second-order valence-electron chi connectivity index (χ2n) is 9.98. The first-order valence-electron chi connectivity index (χ1n) is 14.2. The van der Waals surface area contributed by atoms with Gasteiger partial charge in [-0.3, -0.25) is 4.79 Å². The van der Waals surface area contributed by atoms with E-state index in [1.807, 2.05) is 36.4 Å². The lowest BCUT2D eigenvalue weighted by atomic mass is 10.1. The molecule has 0 aliphatic rings. The number of ether oxygens (including phenoxy) is 2. The van der Waals surface area contributed by atoms with Gasteiger partial charge in [-0.05, 0) is 47.7 Å². The first-order chi connectivity index (χ1) is 17.1. The van der Waals surface area contributed by atoms with Crippen molar-refractivity contribution in [2.24, 2.45) is 5.92 Å². The Morgan fingerprint density at radius 1 is 0.657 bits per heavy atom. The van der Waals surface area contributed by atoms with Crippen LogP contribution in [0.4, 0.5) is 0 Å². The molecule has 3 nitrogen and oxygen atoms in total. The zero-order valence-corrected chi connectivity index (χ0v) is 22.5. The number of carbonyl (C=O) groups excluding carboxylic acids is 1. The molecule has 0 aliphatic carbocycles. The first-order valence-corrected chi connectivity index (χ1v) is 14.2. The Hall–Kier alpha value is -2.29. The van der Waals surface area contributed by atoms with Gasteiger partial charge < -0.3 is 9.47 Å². The van der Waals surface area contributed by atoms with Gasteiger partial charge in [-0.25, -0.2) is 0 Å². The summed E-state index contributed by atoms with van der Waals surface area (Å²) in [4.78, 5) is 12.0. The van der Waals surface area contributed by atoms with Gasteiger partial charge in [-0.2, -0.15) is 0 Å². The van der Waals surface area contributed by atoms with Crippen molar-refractivity contribution in [3.63, 3.8) is 0 Å². The molecule has 0 fully saturated rings. The lowest BCUT2D eigenvalue weighted by Gasteiger charge is -2.10. The fraction of sp³-hybridized carbons (Fsp3) is 0.594. The Kier molecular flexibility index (Phi) is 14.9. The molecule has 0 saturated heterocycles. The average Bonchev–Trinajstić information content (AvgIpc) is 2.87. The molecule has 0 heterocycles. The second kappa shape index (κ2) is 18.0. The van der Waals surface area contributed by atoms with Gasteiger partial charge in [0.05, 0.1) is 6.61 Å². The van der Waals surface area contributed by atoms with Crippen molar-refractivity contribution >= 4 is 5.97 Å². The predicted octanol–water partition coefficient (Wildman–Crippen LogP) is 9.78. The van der Waals surface area contributed by atoms with Crippen LogP contribution in [0.25, 0.3) is 11.1 Å². The van der Waals surface area contributed by atoms with Gasteiger partial charge >= 0.3 is 5.97 Å². The smallest absolute Gasteiger partial charge is 0.311 e. The lowest BCUT2D eigenvalue weighted by Crippen LogP contribution is -2.11. The molecule has 0 bridgehead atoms. The van der Waals surface area contributed by atoms with Crippen molar-refractivity contribution in [1.29, 1.82) is 0 Å². The van der Waals surface area contributed by atoms with E-state index >= 15 is 0 Å². The van der Waals surface area contributed by atoms with Crippen LogP contribution < -0.4 is 9.47 Å². The highest BCUT2D eigenvalue weighted by Crippen LogP contribution is 2.25. The number of unbranched alkanes of at least 4 members (excludes halogenated alkanes) is 11. The third-order valence-corrected chi connectivity index (χ3v) is 6.75. The molecule has 0 aromatic heterocycles. The summed E-state index contributed by atoms with van der Waals surface area (Å²) in [7, 11) is 0. The lowest BCUT2D eigenvalue weighted by molar-refractivity contribution is -0.135. The minimum absolute atomic E-state index is 0.165. The van der Waals surface area contributed by atoms with Crippen LogP contribution in [0, 0.1) is 5.92 Å². The van der Waals surface area contributed by atoms with E-state index < -0.39 is 0 Å². The third-order valence-electron chi connectivity index (χ3n) is 6.75. The highest BCUT2D eigenvalue weighted by atomic mass is 16.5. The van der Waals surface area contributed by atoms with E-state index in [9.17, 15) is 4.79 Å². The number of benzene rings is 2. The molecule has 0 spiro atoms. The second-order valence-corrected chi connectivity index (χ2v) is 9.98. The fourth-order valence-corrected chi connectivity index (χ4v) is 4.19. The third kappa shape index (κ3) is 12.8. The van der Waals surface area contributed by atoms with Gasteiger partial charge in [-0.15, -0.1) is 0 Å². The monoisotopic (exact) mass is 480 g/mol. The molecular weight excluding hydrogens is 432 g/mol. The molecule has 2 aromatic carbocycles. The van der Waals surface area contributed by atoms with E-state index in [1.54, 1.807) is 0 Å². The zero-order valence-electron chi connectivity index (χ0n) is 22.5. The molecule has 194 valence electrons. The molecule has 0 unspecified atom stereocenters. The quantitative estimate of drug-likeness (QED) is 0.114. The van der Waals surface area contributed by atoms with Gasteiger partial charge in [0.2, 0.25) is 0 Å². The van der Waals surface area contributed by atoms with Crippen LogP contribution in [-0.2, 0) is 4.79 Å². The summed E-state index contributed by atoms with van der Waals surface area (Å²) in [6.07, 6.45) is 17.7.